The van der Waals surface area contributed by atoms with Crippen LogP contribution in [-0.2, 0) is 4.79 Å². The lowest BCUT2D eigenvalue weighted by Gasteiger charge is -2.26. The van der Waals surface area contributed by atoms with E-state index in [2.05, 4.69) is 10.6 Å². The predicted octanol–water partition coefficient (Wildman–Crippen LogP) is 2.60. The number of nitrogens with one attached hydrogen (secondary N) is 2. The molecule has 132 valence electrons. The zero-order chi connectivity index (χ0) is 17.5. The Bertz CT molecular complexity index is 700. The number of carbonyl (C=O) groups is 1. The van der Waals surface area contributed by atoms with Gasteiger partial charge in [0, 0.05) is 18.5 Å². The molecule has 2 N–H and O–H groups in total. The molecule has 3 rings (SSSR count). The van der Waals surface area contributed by atoms with Gasteiger partial charge in [-0.05, 0) is 25.1 Å². The summed E-state index contributed by atoms with van der Waals surface area (Å²) in [5, 5.41) is 6.18. The Morgan fingerprint density at radius 3 is 2.84 bits per heavy atom. The predicted molar refractivity (Wildman–Crippen MR) is 97.0 cm³/mol. The molecule has 25 heavy (non-hydrogen) atoms. The molecule has 1 aliphatic heterocycles. The van der Waals surface area contributed by atoms with Crippen LogP contribution in [0, 0.1) is 6.92 Å². The molecule has 0 spiro atoms. The second kappa shape index (κ2) is 8.53. The molecule has 5 heteroatoms. The van der Waals surface area contributed by atoms with Gasteiger partial charge in [0.15, 0.2) is 0 Å². The Morgan fingerprint density at radius 1 is 1.20 bits per heavy atom. The van der Waals surface area contributed by atoms with Crippen molar-refractivity contribution in [3.63, 3.8) is 0 Å². The lowest BCUT2D eigenvalue weighted by molar-refractivity contribution is -0.121. The van der Waals surface area contributed by atoms with E-state index in [0.29, 0.717) is 19.8 Å². The second-order valence-electron chi connectivity index (χ2n) is 6.13. The molecular formula is C20H24N2O3. The molecule has 0 saturated heterocycles. The number of amides is 1. The smallest absolute Gasteiger partial charge is 0.234 e. The quantitative estimate of drug-likeness (QED) is 0.761. The number of benzene rings is 2. The van der Waals surface area contributed by atoms with Crippen LogP contribution in [0.5, 0.6) is 11.5 Å². The number of para-hydroxylation sites is 1. The number of hydrogen-bond donors (Lipinski definition) is 2. The molecule has 0 aliphatic carbocycles. The third-order valence-electron chi connectivity index (χ3n) is 4.15. The van der Waals surface area contributed by atoms with Gasteiger partial charge in [0.1, 0.15) is 18.1 Å². The molecule has 0 bridgehead atoms. The molecule has 2 aromatic carbocycles. The van der Waals surface area contributed by atoms with Gasteiger partial charge >= 0.3 is 0 Å². The topological polar surface area (TPSA) is 59.6 Å². The van der Waals surface area contributed by atoms with Crippen LogP contribution in [-0.4, -0.2) is 32.2 Å². The minimum absolute atomic E-state index is 0.0166. The highest BCUT2D eigenvalue weighted by Crippen LogP contribution is 2.31. The van der Waals surface area contributed by atoms with E-state index < -0.39 is 0 Å². The Labute approximate surface area is 148 Å². The highest BCUT2D eigenvalue weighted by Gasteiger charge is 2.22. The van der Waals surface area contributed by atoms with E-state index in [4.69, 9.17) is 9.47 Å². The van der Waals surface area contributed by atoms with Crippen LogP contribution in [0.25, 0.3) is 0 Å². The maximum atomic E-state index is 12.1. The summed E-state index contributed by atoms with van der Waals surface area (Å²) in [6.45, 7) is 4.08. The summed E-state index contributed by atoms with van der Waals surface area (Å²) in [6, 6.07) is 15.8. The monoisotopic (exact) mass is 340 g/mol. The van der Waals surface area contributed by atoms with Gasteiger partial charge in [-0.25, -0.2) is 0 Å². The van der Waals surface area contributed by atoms with Crippen molar-refractivity contribution in [1.29, 1.82) is 0 Å². The maximum Gasteiger partial charge on any atom is 0.234 e. The fourth-order valence-electron chi connectivity index (χ4n) is 2.81. The third kappa shape index (κ3) is 4.97. The lowest BCUT2D eigenvalue weighted by Crippen LogP contribution is -2.39. The van der Waals surface area contributed by atoms with Crippen molar-refractivity contribution in [2.24, 2.45) is 0 Å². The number of carbonyl (C=O) groups excluding carboxylic acids is 1. The molecule has 1 aliphatic rings. The van der Waals surface area contributed by atoms with Gasteiger partial charge < -0.3 is 20.1 Å². The summed E-state index contributed by atoms with van der Waals surface area (Å²) >= 11 is 0. The second-order valence-corrected chi connectivity index (χ2v) is 6.13. The summed E-state index contributed by atoms with van der Waals surface area (Å²) in [5.74, 6) is 1.69. The molecule has 1 amide bonds. The van der Waals surface area contributed by atoms with Gasteiger partial charge in [0.25, 0.3) is 0 Å². The van der Waals surface area contributed by atoms with Crippen LogP contribution < -0.4 is 20.1 Å². The Balaban J connectivity index is 1.37. The van der Waals surface area contributed by atoms with Crippen LogP contribution in [0.4, 0.5) is 0 Å². The van der Waals surface area contributed by atoms with E-state index in [-0.39, 0.29) is 18.5 Å². The molecule has 0 unspecified atom stereocenters. The van der Waals surface area contributed by atoms with Gasteiger partial charge in [-0.15, -0.1) is 0 Å². The van der Waals surface area contributed by atoms with E-state index in [9.17, 15) is 4.79 Å². The molecule has 5 nitrogen and oxygen atoms in total. The number of hydrogen-bond acceptors (Lipinski definition) is 4. The van der Waals surface area contributed by atoms with Gasteiger partial charge in [-0.3, -0.25) is 4.79 Å². The van der Waals surface area contributed by atoms with E-state index in [1.54, 1.807) is 0 Å². The Hall–Kier alpha value is -2.53. The molecule has 2 aromatic rings. The fraction of sp³-hybridized carbons (Fsp3) is 0.350. The van der Waals surface area contributed by atoms with Crippen molar-refractivity contribution in [1.82, 2.24) is 10.6 Å². The van der Waals surface area contributed by atoms with E-state index in [1.807, 2.05) is 55.5 Å². The molecule has 0 aromatic heterocycles. The first-order valence-electron chi connectivity index (χ1n) is 8.63. The number of ether oxygens (including phenoxy) is 2. The molecule has 1 heterocycles. The van der Waals surface area contributed by atoms with E-state index in [1.165, 1.54) is 5.56 Å². The highest BCUT2D eigenvalue weighted by atomic mass is 16.5. The average Bonchev–Trinajstić information content (AvgIpc) is 2.63. The SMILES string of the molecule is Cc1ccc(OCCNCC(=O)N[C@H]2CCOc3ccccc32)cc1. The van der Waals surface area contributed by atoms with Crippen molar-refractivity contribution in [2.75, 3.05) is 26.3 Å². The van der Waals surface area contributed by atoms with Crippen molar-refractivity contribution >= 4 is 5.91 Å². The van der Waals surface area contributed by atoms with Gasteiger partial charge in [-0.2, -0.15) is 0 Å². The van der Waals surface area contributed by atoms with E-state index in [0.717, 1.165) is 23.5 Å². The van der Waals surface area contributed by atoms with E-state index >= 15 is 0 Å². The first-order chi connectivity index (χ1) is 12.2. The number of aryl methyl sites for hydroxylation is 1. The van der Waals surface area contributed by atoms with Gasteiger partial charge in [0.05, 0.1) is 19.2 Å². The summed E-state index contributed by atoms with van der Waals surface area (Å²) in [4.78, 5) is 12.1. The van der Waals surface area contributed by atoms with Crippen molar-refractivity contribution < 1.29 is 14.3 Å². The first kappa shape index (κ1) is 17.3. The maximum absolute atomic E-state index is 12.1. The van der Waals surface area contributed by atoms with Crippen LogP contribution >= 0.6 is 0 Å². The van der Waals surface area contributed by atoms with Gasteiger partial charge in [0.2, 0.25) is 5.91 Å². The minimum Gasteiger partial charge on any atom is -0.493 e. The zero-order valence-electron chi connectivity index (χ0n) is 14.5. The summed E-state index contributed by atoms with van der Waals surface area (Å²) in [6.07, 6.45) is 0.791. The Morgan fingerprint density at radius 2 is 2.00 bits per heavy atom. The van der Waals surface area contributed by atoms with Crippen LogP contribution in [0.3, 0.4) is 0 Å². The lowest BCUT2D eigenvalue weighted by atomic mass is 10.0. The normalized spacial score (nSPS) is 15.8. The van der Waals surface area contributed by atoms with Gasteiger partial charge in [-0.1, -0.05) is 35.9 Å². The zero-order valence-corrected chi connectivity index (χ0v) is 14.5. The van der Waals surface area contributed by atoms with Crippen molar-refractivity contribution in [3.8, 4) is 11.5 Å². The van der Waals surface area contributed by atoms with Crippen molar-refractivity contribution in [3.05, 3.63) is 59.7 Å². The van der Waals surface area contributed by atoms with Crippen LogP contribution in [0.15, 0.2) is 48.5 Å². The average molecular weight is 340 g/mol. The largest absolute Gasteiger partial charge is 0.493 e. The first-order valence-corrected chi connectivity index (χ1v) is 8.63. The number of rotatable bonds is 7. The van der Waals surface area contributed by atoms with Crippen LogP contribution in [0.2, 0.25) is 0 Å². The number of fused-ring (bicyclic) bond motifs is 1. The summed E-state index contributed by atoms with van der Waals surface area (Å²) in [7, 11) is 0. The molecule has 0 fully saturated rings. The van der Waals surface area contributed by atoms with Crippen LogP contribution in [0.1, 0.15) is 23.6 Å². The molecule has 0 saturated carbocycles. The standard InChI is InChI=1S/C20H24N2O3/c1-15-6-8-16(9-7-15)24-13-11-21-14-20(23)22-18-10-12-25-19-5-3-2-4-17(18)19/h2-9,18,21H,10-14H2,1H3,(H,22,23)/t18-/m0/s1. The molecule has 0 radical (unpaired) electrons. The summed E-state index contributed by atoms with van der Waals surface area (Å²) in [5.41, 5.74) is 2.25. The fourth-order valence-corrected chi connectivity index (χ4v) is 2.81. The minimum atomic E-state index is -0.0166. The molecule has 1 atom stereocenters. The summed E-state index contributed by atoms with van der Waals surface area (Å²) < 4.78 is 11.2. The third-order valence-corrected chi connectivity index (χ3v) is 4.15. The van der Waals surface area contributed by atoms with Crippen molar-refractivity contribution in [2.45, 2.75) is 19.4 Å². The highest BCUT2D eigenvalue weighted by molar-refractivity contribution is 5.78. The Kier molecular flexibility index (Phi) is 5.90. The molecular weight excluding hydrogens is 316 g/mol.